The summed E-state index contributed by atoms with van der Waals surface area (Å²) in [4.78, 5) is 35.9. The van der Waals surface area contributed by atoms with E-state index >= 15 is 0 Å². The molecule has 0 saturated heterocycles. The highest BCUT2D eigenvalue weighted by Gasteiger charge is 2.14. The zero-order valence-corrected chi connectivity index (χ0v) is 13.6. The summed E-state index contributed by atoms with van der Waals surface area (Å²) >= 11 is 0. The lowest BCUT2D eigenvalue weighted by Gasteiger charge is -2.05. The van der Waals surface area contributed by atoms with Gasteiger partial charge in [-0.3, -0.25) is 14.6 Å². The van der Waals surface area contributed by atoms with Crippen molar-refractivity contribution in [1.29, 1.82) is 0 Å². The van der Waals surface area contributed by atoms with Crippen LogP contribution < -0.4 is 10.9 Å². The van der Waals surface area contributed by atoms with Gasteiger partial charge in [0.1, 0.15) is 11.4 Å². The van der Waals surface area contributed by atoms with Gasteiger partial charge in [-0.05, 0) is 30.3 Å². The summed E-state index contributed by atoms with van der Waals surface area (Å²) in [7, 11) is 0. The molecule has 1 amide bonds. The third-order valence-corrected chi connectivity index (χ3v) is 3.88. The lowest BCUT2D eigenvalue weighted by molar-refractivity contribution is 0.0948. The Morgan fingerprint density at radius 2 is 1.92 bits per heavy atom. The molecule has 8 nitrogen and oxygen atoms in total. The molecule has 4 rings (SSSR count). The van der Waals surface area contributed by atoms with Gasteiger partial charge in [0.05, 0.1) is 23.3 Å². The first-order valence-electron chi connectivity index (χ1n) is 7.92. The second kappa shape index (κ2) is 6.60. The summed E-state index contributed by atoms with van der Waals surface area (Å²) in [6, 6.07) is 12.5. The molecule has 3 aromatic heterocycles. The van der Waals surface area contributed by atoms with Gasteiger partial charge in [-0.2, -0.15) is 5.10 Å². The zero-order chi connectivity index (χ0) is 17.9. The molecule has 0 bridgehead atoms. The molecular formula is C18H14N6O2. The van der Waals surface area contributed by atoms with Crippen molar-refractivity contribution in [1.82, 2.24) is 30.5 Å². The Kier molecular flexibility index (Phi) is 3.98. The van der Waals surface area contributed by atoms with Crippen LogP contribution in [0.25, 0.3) is 22.3 Å². The largest absolute Gasteiger partial charge is 0.345 e. The zero-order valence-electron chi connectivity index (χ0n) is 13.6. The van der Waals surface area contributed by atoms with Gasteiger partial charge >= 0.3 is 0 Å². The highest BCUT2D eigenvalue weighted by Crippen LogP contribution is 2.14. The number of benzene rings is 1. The second-order valence-electron chi connectivity index (χ2n) is 5.62. The molecule has 0 fully saturated rings. The SMILES string of the molecule is O=C(NCc1nc2ccccc2[nH]1)c1cc(-c2ccncc2)n[nH]c1=O. The normalized spacial score (nSPS) is 10.8. The van der Waals surface area contributed by atoms with Crippen LogP contribution in [0.3, 0.4) is 0 Å². The van der Waals surface area contributed by atoms with Crippen LogP contribution >= 0.6 is 0 Å². The summed E-state index contributed by atoms with van der Waals surface area (Å²) in [6.45, 7) is 0.180. The third-order valence-electron chi connectivity index (χ3n) is 3.88. The predicted octanol–water partition coefficient (Wildman–Crippen LogP) is 1.64. The summed E-state index contributed by atoms with van der Waals surface area (Å²) in [5.41, 5.74) is 2.38. The second-order valence-corrected chi connectivity index (χ2v) is 5.62. The number of imidazole rings is 1. The highest BCUT2D eigenvalue weighted by molar-refractivity contribution is 5.94. The number of nitrogens with zero attached hydrogens (tertiary/aromatic N) is 3. The number of hydrogen-bond donors (Lipinski definition) is 3. The molecule has 0 saturated carbocycles. The van der Waals surface area contributed by atoms with Gasteiger partial charge in [0.2, 0.25) is 0 Å². The fraction of sp³-hybridized carbons (Fsp3) is 0.0556. The number of carbonyl (C=O) groups excluding carboxylic acids is 1. The minimum Gasteiger partial charge on any atom is -0.345 e. The van der Waals surface area contributed by atoms with E-state index in [9.17, 15) is 9.59 Å². The van der Waals surface area contributed by atoms with Crippen molar-refractivity contribution in [2.45, 2.75) is 6.54 Å². The lowest BCUT2D eigenvalue weighted by Crippen LogP contribution is -2.30. The fourth-order valence-corrected chi connectivity index (χ4v) is 2.59. The molecule has 3 N–H and O–H groups in total. The number of H-pyrrole nitrogens is 2. The van der Waals surface area contributed by atoms with E-state index in [1.807, 2.05) is 24.3 Å². The Labute approximate surface area is 147 Å². The summed E-state index contributed by atoms with van der Waals surface area (Å²) in [6.07, 6.45) is 3.23. The number of aromatic amines is 2. The van der Waals surface area contributed by atoms with Gasteiger partial charge in [-0.1, -0.05) is 12.1 Å². The molecule has 26 heavy (non-hydrogen) atoms. The molecule has 8 heteroatoms. The first kappa shape index (κ1) is 15.7. The van der Waals surface area contributed by atoms with Crippen molar-refractivity contribution in [3.8, 4) is 11.3 Å². The van der Waals surface area contributed by atoms with E-state index in [1.54, 1.807) is 24.5 Å². The summed E-state index contributed by atoms with van der Waals surface area (Å²) in [5.74, 6) is 0.115. The van der Waals surface area contributed by atoms with E-state index in [1.165, 1.54) is 6.07 Å². The quantitative estimate of drug-likeness (QED) is 0.519. The Morgan fingerprint density at radius 3 is 2.73 bits per heavy atom. The van der Waals surface area contributed by atoms with Crippen molar-refractivity contribution in [2.75, 3.05) is 0 Å². The van der Waals surface area contributed by atoms with E-state index in [0.717, 1.165) is 16.6 Å². The highest BCUT2D eigenvalue weighted by atomic mass is 16.2. The van der Waals surface area contributed by atoms with E-state index < -0.39 is 11.5 Å². The molecule has 0 atom stereocenters. The van der Waals surface area contributed by atoms with Crippen molar-refractivity contribution >= 4 is 16.9 Å². The minimum atomic E-state index is -0.551. The molecule has 0 aliphatic rings. The maximum absolute atomic E-state index is 12.4. The van der Waals surface area contributed by atoms with Gasteiger partial charge in [0.25, 0.3) is 11.5 Å². The molecule has 0 radical (unpaired) electrons. The van der Waals surface area contributed by atoms with Crippen LogP contribution in [0.1, 0.15) is 16.2 Å². The van der Waals surface area contributed by atoms with Crippen LogP contribution in [0.2, 0.25) is 0 Å². The molecule has 4 aromatic rings. The lowest BCUT2D eigenvalue weighted by atomic mass is 10.1. The maximum Gasteiger partial charge on any atom is 0.277 e. The first-order chi connectivity index (χ1) is 12.7. The Hall–Kier alpha value is -3.81. The molecule has 0 spiro atoms. The number of carbonyl (C=O) groups is 1. The average Bonchev–Trinajstić information content (AvgIpc) is 3.10. The number of amides is 1. The maximum atomic E-state index is 12.4. The number of fused-ring (bicyclic) bond motifs is 1. The van der Waals surface area contributed by atoms with E-state index in [2.05, 4.69) is 30.5 Å². The Bertz CT molecular complexity index is 1100. The molecular weight excluding hydrogens is 332 g/mol. The van der Waals surface area contributed by atoms with E-state index in [0.29, 0.717) is 11.5 Å². The Balaban J connectivity index is 1.55. The fourth-order valence-electron chi connectivity index (χ4n) is 2.59. The van der Waals surface area contributed by atoms with Crippen LogP contribution in [0.5, 0.6) is 0 Å². The third kappa shape index (κ3) is 3.07. The average molecular weight is 346 g/mol. The minimum absolute atomic E-state index is 0.0112. The molecule has 1 aromatic carbocycles. The smallest absolute Gasteiger partial charge is 0.277 e. The van der Waals surface area contributed by atoms with E-state index in [4.69, 9.17) is 0 Å². The van der Waals surface area contributed by atoms with Crippen LogP contribution in [-0.2, 0) is 6.54 Å². The molecule has 0 aliphatic heterocycles. The van der Waals surface area contributed by atoms with Crippen molar-refractivity contribution in [3.05, 3.63) is 76.6 Å². The number of hydrogen-bond acceptors (Lipinski definition) is 5. The molecule has 0 aliphatic carbocycles. The monoisotopic (exact) mass is 346 g/mol. The van der Waals surface area contributed by atoms with Crippen LogP contribution in [-0.4, -0.2) is 31.1 Å². The summed E-state index contributed by atoms with van der Waals surface area (Å²) in [5, 5.41) is 9.04. The number of nitrogens with one attached hydrogen (secondary N) is 3. The van der Waals surface area contributed by atoms with Gasteiger partial charge < -0.3 is 10.3 Å². The van der Waals surface area contributed by atoms with Crippen molar-refractivity contribution < 1.29 is 4.79 Å². The number of para-hydroxylation sites is 2. The predicted molar refractivity (Wildman–Crippen MR) is 95.4 cm³/mol. The standard InChI is InChI=1S/C18H14N6O2/c25-17(20-10-16-21-13-3-1-2-4-14(13)22-16)12-9-15(23-24-18(12)26)11-5-7-19-8-6-11/h1-9H,10H2,(H,20,25)(H,21,22)(H,24,26). The molecule has 3 heterocycles. The van der Waals surface area contributed by atoms with Gasteiger partial charge in [0, 0.05) is 18.0 Å². The van der Waals surface area contributed by atoms with Crippen molar-refractivity contribution in [2.24, 2.45) is 0 Å². The first-order valence-corrected chi connectivity index (χ1v) is 7.92. The van der Waals surface area contributed by atoms with Gasteiger partial charge in [0.15, 0.2) is 0 Å². The van der Waals surface area contributed by atoms with E-state index in [-0.39, 0.29) is 12.1 Å². The van der Waals surface area contributed by atoms with Crippen LogP contribution in [0.4, 0.5) is 0 Å². The molecule has 0 unspecified atom stereocenters. The molecule has 128 valence electrons. The van der Waals surface area contributed by atoms with Gasteiger partial charge in [-0.25, -0.2) is 10.1 Å². The number of aromatic nitrogens is 5. The topological polar surface area (TPSA) is 116 Å². The number of rotatable bonds is 4. The van der Waals surface area contributed by atoms with Gasteiger partial charge in [-0.15, -0.1) is 0 Å². The number of pyridine rings is 1. The summed E-state index contributed by atoms with van der Waals surface area (Å²) < 4.78 is 0. The van der Waals surface area contributed by atoms with Crippen molar-refractivity contribution in [3.63, 3.8) is 0 Å². The van der Waals surface area contributed by atoms with Crippen LogP contribution in [0, 0.1) is 0 Å². The Morgan fingerprint density at radius 1 is 1.12 bits per heavy atom. The van der Waals surface area contributed by atoms with Crippen LogP contribution in [0.15, 0.2) is 59.7 Å².